The zero-order chi connectivity index (χ0) is 14.7. The maximum atomic E-state index is 13.0. The Morgan fingerprint density at radius 3 is 2.16 bits per heavy atom. The van der Waals surface area contributed by atoms with Gasteiger partial charge >= 0.3 is 0 Å². The van der Waals surface area contributed by atoms with Gasteiger partial charge in [-0.05, 0) is 37.0 Å². The van der Waals surface area contributed by atoms with Crippen molar-refractivity contribution in [2.24, 2.45) is 23.0 Å². The fourth-order valence-electron chi connectivity index (χ4n) is 2.65. The summed E-state index contributed by atoms with van der Waals surface area (Å²) in [5.74, 6) is -2.76. The second-order valence-electron chi connectivity index (χ2n) is 6.69. The van der Waals surface area contributed by atoms with Gasteiger partial charge in [0.1, 0.15) is 0 Å². The molecule has 0 atom stereocenters. The van der Waals surface area contributed by atoms with Crippen molar-refractivity contribution in [3.63, 3.8) is 0 Å². The Bertz CT molecular complexity index is 305. The van der Waals surface area contributed by atoms with Crippen molar-refractivity contribution in [1.29, 1.82) is 0 Å². The molecule has 0 heterocycles. The molecule has 0 aromatic carbocycles. The monoisotopic (exact) mass is 276 g/mol. The smallest absolute Gasteiger partial charge is 0.277 e. The summed E-state index contributed by atoms with van der Waals surface area (Å²) in [6.45, 7) is 5.24. The Morgan fingerprint density at radius 2 is 1.74 bits per heavy atom. The molecule has 0 unspecified atom stereocenters. The third-order valence-electron chi connectivity index (χ3n) is 4.14. The lowest BCUT2D eigenvalue weighted by Gasteiger charge is -2.36. The summed E-state index contributed by atoms with van der Waals surface area (Å²) in [6.07, 6.45) is 3.58. The SMILES string of the molecule is CC(C)(C)C1CCC(C(=O)NCC(F)(F)CN)CC1. The molecular formula is C14H26F2N2O. The standard InChI is InChI=1S/C14H26F2N2O/c1-13(2,3)11-6-4-10(5-7-11)12(19)18-9-14(15,16)8-17/h10-11H,4-9,17H2,1-3H3,(H,18,19). The van der Waals surface area contributed by atoms with E-state index >= 15 is 0 Å². The molecule has 0 saturated heterocycles. The number of alkyl halides is 2. The van der Waals surface area contributed by atoms with E-state index in [1.807, 2.05) is 0 Å². The second-order valence-corrected chi connectivity index (χ2v) is 6.69. The molecule has 0 aliphatic heterocycles. The van der Waals surface area contributed by atoms with Crippen molar-refractivity contribution in [2.75, 3.05) is 13.1 Å². The van der Waals surface area contributed by atoms with Crippen molar-refractivity contribution in [1.82, 2.24) is 5.32 Å². The van der Waals surface area contributed by atoms with E-state index in [-0.39, 0.29) is 17.2 Å². The fraction of sp³-hybridized carbons (Fsp3) is 0.929. The molecule has 19 heavy (non-hydrogen) atoms. The Hall–Kier alpha value is -0.710. The summed E-state index contributed by atoms with van der Waals surface area (Å²) in [5.41, 5.74) is 5.19. The lowest BCUT2D eigenvalue weighted by molar-refractivity contribution is -0.128. The first-order valence-electron chi connectivity index (χ1n) is 7.01. The quantitative estimate of drug-likeness (QED) is 0.829. The fourth-order valence-corrected chi connectivity index (χ4v) is 2.65. The molecule has 0 spiro atoms. The minimum absolute atomic E-state index is 0.118. The normalized spacial score (nSPS) is 25.2. The molecule has 0 bridgehead atoms. The van der Waals surface area contributed by atoms with E-state index in [2.05, 4.69) is 26.1 Å². The molecule has 5 heteroatoms. The average Bonchev–Trinajstić information content (AvgIpc) is 2.35. The van der Waals surface area contributed by atoms with Crippen LogP contribution >= 0.6 is 0 Å². The first-order valence-corrected chi connectivity index (χ1v) is 7.01. The summed E-state index contributed by atoms with van der Waals surface area (Å²) in [6, 6.07) is 0. The Labute approximate surface area is 114 Å². The maximum absolute atomic E-state index is 13.0. The molecule has 1 saturated carbocycles. The Morgan fingerprint density at radius 1 is 1.21 bits per heavy atom. The summed E-state index contributed by atoms with van der Waals surface area (Å²) in [4.78, 5) is 11.8. The van der Waals surface area contributed by atoms with Gasteiger partial charge in [0, 0.05) is 5.92 Å². The highest BCUT2D eigenvalue weighted by Crippen LogP contribution is 2.39. The number of hydrogen-bond donors (Lipinski definition) is 2. The van der Waals surface area contributed by atoms with Crippen LogP contribution in [0.5, 0.6) is 0 Å². The number of carbonyl (C=O) groups is 1. The van der Waals surface area contributed by atoms with Gasteiger partial charge in [-0.3, -0.25) is 4.79 Å². The number of nitrogens with two attached hydrogens (primary N) is 1. The first kappa shape index (κ1) is 16.3. The highest BCUT2D eigenvalue weighted by Gasteiger charge is 2.33. The van der Waals surface area contributed by atoms with Crippen molar-refractivity contribution in [3.8, 4) is 0 Å². The number of nitrogens with one attached hydrogen (secondary N) is 1. The highest BCUT2D eigenvalue weighted by molar-refractivity contribution is 5.78. The van der Waals surface area contributed by atoms with Crippen LogP contribution in [0.3, 0.4) is 0 Å². The average molecular weight is 276 g/mol. The van der Waals surface area contributed by atoms with Crippen LogP contribution in [0.15, 0.2) is 0 Å². The van der Waals surface area contributed by atoms with Gasteiger partial charge in [-0.2, -0.15) is 0 Å². The molecule has 112 valence electrons. The molecule has 1 aliphatic rings. The summed E-state index contributed by atoms with van der Waals surface area (Å²) in [7, 11) is 0. The number of carbonyl (C=O) groups excluding carboxylic acids is 1. The van der Waals surface area contributed by atoms with Gasteiger partial charge in [0.15, 0.2) is 0 Å². The third kappa shape index (κ3) is 5.05. The predicted octanol–water partition coefficient (Wildman–Crippen LogP) is 2.55. The molecule has 0 aromatic rings. The predicted molar refractivity (Wildman–Crippen MR) is 71.9 cm³/mol. The number of amides is 1. The molecule has 0 aromatic heterocycles. The third-order valence-corrected chi connectivity index (χ3v) is 4.14. The van der Waals surface area contributed by atoms with Crippen LogP contribution in [0.2, 0.25) is 0 Å². The van der Waals surface area contributed by atoms with E-state index in [4.69, 9.17) is 5.73 Å². The van der Waals surface area contributed by atoms with Crippen molar-refractivity contribution in [3.05, 3.63) is 0 Å². The van der Waals surface area contributed by atoms with Crippen molar-refractivity contribution < 1.29 is 13.6 Å². The molecule has 1 amide bonds. The molecule has 1 rings (SSSR count). The van der Waals surface area contributed by atoms with Gasteiger partial charge in [0.25, 0.3) is 5.92 Å². The molecule has 1 aliphatic carbocycles. The van der Waals surface area contributed by atoms with E-state index < -0.39 is 19.0 Å². The number of hydrogen-bond acceptors (Lipinski definition) is 2. The van der Waals surface area contributed by atoms with Crippen LogP contribution in [0, 0.1) is 17.3 Å². The number of halogens is 2. The van der Waals surface area contributed by atoms with Gasteiger partial charge in [0.2, 0.25) is 5.91 Å². The highest BCUT2D eigenvalue weighted by atomic mass is 19.3. The molecule has 3 N–H and O–H groups in total. The van der Waals surface area contributed by atoms with Crippen LogP contribution in [0.1, 0.15) is 46.5 Å². The zero-order valence-corrected chi connectivity index (χ0v) is 12.1. The van der Waals surface area contributed by atoms with Crippen LogP contribution in [-0.4, -0.2) is 24.9 Å². The minimum Gasteiger partial charge on any atom is -0.350 e. The van der Waals surface area contributed by atoms with Gasteiger partial charge < -0.3 is 11.1 Å². The number of rotatable bonds is 4. The van der Waals surface area contributed by atoms with E-state index in [0.717, 1.165) is 25.7 Å². The van der Waals surface area contributed by atoms with Gasteiger partial charge in [0.05, 0.1) is 13.1 Å². The van der Waals surface area contributed by atoms with E-state index in [9.17, 15) is 13.6 Å². The Kier molecular flexibility index (Phi) is 5.30. The lowest BCUT2D eigenvalue weighted by atomic mass is 9.69. The van der Waals surface area contributed by atoms with Crippen molar-refractivity contribution in [2.45, 2.75) is 52.4 Å². The maximum Gasteiger partial charge on any atom is 0.277 e. The van der Waals surface area contributed by atoms with E-state index in [0.29, 0.717) is 5.92 Å². The minimum atomic E-state index is -3.00. The summed E-state index contributed by atoms with van der Waals surface area (Å²) < 4.78 is 25.9. The molecule has 1 fully saturated rings. The van der Waals surface area contributed by atoms with E-state index in [1.165, 1.54) is 0 Å². The Balaban J connectivity index is 2.37. The first-order chi connectivity index (χ1) is 8.65. The molecular weight excluding hydrogens is 250 g/mol. The van der Waals surface area contributed by atoms with Crippen molar-refractivity contribution >= 4 is 5.91 Å². The van der Waals surface area contributed by atoms with Gasteiger partial charge in [-0.15, -0.1) is 0 Å². The van der Waals surface area contributed by atoms with Crippen LogP contribution < -0.4 is 11.1 Å². The topological polar surface area (TPSA) is 55.1 Å². The molecule has 3 nitrogen and oxygen atoms in total. The summed E-state index contributed by atoms with van der Waals surface area (Å²) in [5, 5.41) is 2.33. The lowest BCUT2D eigenvalue weighted by Crippen LogP contribution is -2.44. The van der Waals surface area contributed by atoms with Gasteiger partial charge in [-0.1, -0.05) is 20.8 Å². The second kappa shape index (κ2) is 6.16. The largest absolute Gasteiger partial charge is 0.350 e. The van der Waals surface area contributed by atoms with Gasteiger partial charge in [-0.25, -0.2) is 8.78 Å². The summed E-state index contributed by atoms with van der Waals surface area (Å²) >= 11 is 0. The van der Waals surface area contributed by atoms with Crippen LogP contribution in [-0.2, 0) is 4.79 Å². The van der Waals surface area contributed by atoms with Crippen LogP contribution in [0.4, 0.5) is 8.78 Å². The van der Waals surface area contributed by atoms with Crippen LogP contribution in [0.25, 0.3) is 0 Å². The van der Waals surface area contributed by atoms with E-state index in [1.54, 1.807) is 0 Å². The molecule has 0 radical (unpaired) electrons. The zero-order valence-electron chi connectivity index (χ0n) is 12.1.